The third-order valence-electron chi connectivity index (χ3n) is 3.66. The monoisotopic (exact) mass is 312 g/mol. The summed E-state index contributed by atoms with van der Waals surface area (Å²) in [4.78, 5) is 0. The topological polar surface area (TPSA) is 40.5 Å². The molecule has 0 rings (SSSR count). The Hall–Kier alpha value is -0.780. The molecule has 2 heteroatoms. The Labute approximate surface area is 140 Å². The maximum absolute atomic E-state index is 9.52. The summed E-state index contributed by atoms with van der Waals surface area (Å²) in [6.07, 6.45) is 12.7. The molecule has 0 aromatic carbocycles. The van der Waals surface area contributed by atoms with Gasteiger partial charge in [0.15, 0.2) is 0 Å². The largest absolute Gasteiger partial charge is 0.386 e. The quantitative estimate of drug-likeness (QED) is 0.454. The van der Waals surface area contributed by atoms with Crippen molar-refractivity contribution in [3.8, 4) is 12.3 Å². The zero-order chi connectivity index (χ0) is 17.8. The van der Waals surface area contributed by atoms with Gasteiger partial charge in [-0.2, -0.15) is 0 Å². The Morgan fingerprint density at radius 3 is 1.77 bits per heavy atom. The molecule has 0 spiro atoms. The van der Waals surface area contributed by atoms with Gasteiger partial charge in [-0.3, -0.25) is 0 Å². The fraction of sp³-hybridized carbons (Fsp3) is 0.800. The first kappa shape index (κ1) is 23.5. The van der Waals surface area contributed by atoms with E-state index in [9.17, 15) is 10.2 Å². The van der Waals surface area contributed by atoms with Gasteiger partial charge in [0.05, 0.1) is 5.60 Å². The number of rotatable bonds is 9. The van der Waals surface area contributed by atoms with Crippen LogP contribution in [0.4, 0.5) is 0 Å². The minimum atomic E-state index is -0.894. The summed E-state index contributed by atoms with van der Waals surface area (Å²) in [5.74, 6) is 3.80. The van der Waals surface area contributed by atoms with Gasteiger partial charge in [-0.1, -0.05) is 59.0 Å². The van der Waals surface area contributed by atoms with Gasteiger partial charge in [0.1, 0.15) is 5.60 Å². The lowest BCUT2D eigenvalue weighted by atomic mass is 9.96. The second-order valence-corrected chi connectivity index (χ2v) is 7.55. The Morgan fingerprint density at radius 1 is 1.05 bits per heavy atom. The van der Waals surface area contributed by atoms with Gasteiger partial charge in [-0.05, 0) is 44.9 Å². The Morgan fingerprint density at radius 2 is 1.45 bits per heavy atom. The highest BCUT2D eigenvalue weighted by atomic mass is 16.3. The second kappa shape index (κ2) is 11.7. The van der Waals surface area contributed by atoms with Crippen LogP contribution in [0, 0.1) is 24.2 Å². The SMILES string of the molecule is C#CC(C)(O)CCCC(C)C.C=CC(C)(O)CCCC(C)C.[HH]. The first-order chi connectivity index (χ1) is 9.95. The van der Waals surface area contributed by atoms with Crippen LogP contribution in [0.3, 0.4) is 0 Å². The van der Waals surface area contributed by atoms with Crippen molar-refractivity contribution >= 4 is 0 Å². The van der Waals surface area contributed by atoms with Gasteiger partial charge in [-0.15, -0.1) is 13.0 Å². The van der Waals surface area contributed by atoms with Crippen molar-refractivity contribution in [3.63, 3.8) is 0 Å². The van der Waals surface area contributed by atoms with E-state index in [0.29, 0.717) is 12.3 Å². The number of hydrogen-bond donors (Lipinski definition) is 2. The van der Waals surface area contributed by atoms with E-state index in [4.69, 9.17) is 6.42 Å². The molecule has 2 N–H and O–H groups in total. The molecule has 0 saturated carbocycles. The molecule has 0 fully saturated rings. The first-order valence-electron chi connectivity index (χ1n) is 8.52. The molecule has 0 aliphatic carbocycles. The van der Waals surface area contributed by atoms with E-state index in [1.54, 1.807) is 19.9 Å². The van der Waals surface area contributed by atoms with E-state index >= 15 is 0 Å². The third kappa shape index (κ3) is 17.3. The number of terminal acetylenes is 1. The van der Waals surface area contributed by atoms with Crippen LogP contribution >= 0.6 is 0 Å². The van der Waals surface area contributed by atoms with Gasteiger partial charge >= 0.3 is 0 Å². The lowest BCUT2D eigenvalue weighted by Gasteiger charge is -2.18. The summed E-state index contributed by atoms with van der Waals surface area (Å²) in [6, 6.07) is 0. The van der Waals surface area contributed by atoms with Crippen LogP contribution in [0.15, 0.2) is 12.7 Å². The summed E-state index contributed by atoms with van der Waals surface area (Å²) in [5.41, 5.74) is -1.55. The molecular formula is C20H40O2. The predicted molar refractivity (Wildman–Crippen MR) is 99.8 cm³/mol. The van der Waals surface area contributed by atoms with E-state index in [1.807, 2.05) is 0 Å². The zero-order valence-electron chi connectivity index (χ0n) is 15.7. The van der Waals surface area contributed by atoms with E-state index in [-0.39, 0.29) is 1.43 Å². The molecule has 2 atom stereocenters. The van der Waals surface area contributed by atoms with Crippen molar-refractivity contribution in [1.29, 1.82) is 0 Å². The van der Waals surface area contributed by atoms with Gasteiger partial charge in [0.25, 0.3) is 0 Å². The van der Waals surface area contributed by atoms with Crippen LogP contribution in [0.2, 0.25) is 0 Å². The fourth-order valence-electron chi connectivity index (χ4n) is 1.90. The molecule has 0 radical (unpaired) electrons. The fourth-order valence-corrected chi connectivity index (χ4v) is 1.90. The highest BCUT2D eigenvalue weighted by Gasteiger charge is 2.15. The summed E-state index contributed by atoms with van der Waals surface area (Å²) in [5, 5.41) is 18.9. The summed E-state index contributed by atoms with van der Waals surface area (Å²) in [7, 11) is 0. The lowest BCUT2D eigenvalue weighted by Crippen LogP contribution is -2.20. The van der Waals surface area contributed by atoms with Gasteiger partial charge < -0.3 is 10.2 Å². The molecule has 0 heterocycles. The molecule has 2 nitrogen and oxygen atoms in total. The highest BCUT2D eigenvalue weighted by Crippen LogP contribution is 2.17. The molecule has 22 heavy (non-hydrogen) atoms. The maximum Gasteiger partial charge on any atom is 0.122 e. The van der Waals surface area contributed by atoms with Crippen LogP contribution in [0.5, 0.6) is 0 Å². The van der Waals surface area contributed by atoms with Crippen molar-refractivity contribution in [2.75, 3.05) is 0 Å². The van der Waals surface area contributed by atoms with Crippen LogP contribution in [-0.4, -0.2) is 21.4 Å². The van der Waals surface area contributed by atoms with Gasteiger partial charge in [0.2, 0.25) is 0 Å². The molecule has 0 aliphatic heterocycles. The molecule has 0 bridgehead atoms. The minimum absolute atomic E-state index is 0. The van der Waals surface area contributed by atoms with Crippen molar-refractivity contribution in [3.05, 3.63) is 12.7 Å². The normalized spacial score (nSPS) is 16.2. The van der Waals surface area contributed by atoms with Crippen molar-refractivity contribution < 1.29 is 11.6 Å². The maximum atomic E-state index is 9.52. The average Bonchev–Trinajstić information content (AvgIpc) is 2.38. The summed E-state index contributed by atoms with van der Waals surface area (Å²) < 4.78 is 0. The number of hydrogen-bond acceptors (Lipinski definition) is 2. The van der Waals surface area contributed by atoms with E-state index in [2.05, 4.69) is 40.2 Å². The van der Waals surface area contributed by atoms with Crippen molar-refractivity contribution in [1.82, 2.24) is 0 Å². The molecule has 0 saturated heterocycles. The summed E-state index contributed by atoms with van der Waals surface area (Å²) in [6.45, 7) is 15.8. The Bertz CT molecular complexity index is 325. The molecule has 0 aromatic rings. The highest BCUT2D eigenvalue weighted by molar-refractivity contribution is 5.03. The van der Waals surface area contributed by atoms with Gasteiger partial charge in [-0.25, -0.2) is 0 Å². The van der Waals surface area contributed by atoms with E-state index in [0.717, 1.165) is 31.6 Å². The number of aliphatic hydroxyl groups is 2. The van der Waals surface area contributed by atoms with Crippen LogP contribution < -0.4 is 0 Å². The predicted octanol–water partition coefficient (Wildman–Crippen LogP) is 5.19. The molecule has 0 aliphatic rings. The first-order valence-corrected chi connectivity index (χ1v) is 8.52. The Kier molecular flexibility index (Phi) is 12.5. The molecule has 0 amide bonds. The Balaban J connectivity index is -0.000000333. The van der Waals surface area contributed by atoms with Gasteiger partial charge in [0, 0.05) is 1.43 Å². The molecular weight excluding hydrogens is 272 g/mol. The average molecular weight is 313 g/mol. The summed E-state index contributed by atoms with van der Waals surface area (Å²) >= 11 is 0. The van der Waals surface area contributed by atoms with Crippen LogP contribution in [0.1, 0.15) is 81.5 Å². The lowest BCUT2D eigenvalue weighted by molar-refractivity contribution is 0.0979. The standard InChI is InChI=1S/C10H20O.C10H18O.H2/c2*1-5-10(4,11)8-6-7-9(2)3;/h5,9,11H,1,6-8H2,2-4H3;1,9,11H,6-8H2,2-4H3;1H. The molecule has 132 valence electrons. The second-order valence-electron chi connectivity index (χ2n) is 7.55. The van der Waals surface area contributed by atoms with Crippen LogP contribution in [0.25, 0.3) is 0 Å². The third-order valence-corrected chi connectivity index (χ3v) is 3.66. The van der Waals surface area contributed by atoms with Crippen molar-refractivity contribution in [2.45, 2.75) is 91.3 Å². The zero-order valence-corrected chi connectivity index (χ0v) is 15.7. The van der Waals surface area contributed by atoms with Crippen molar-refractivity contribution in [2.24, 2.45) is 11.8 Å². The minimum Gasteiger partial charge on any atom is -0.386 e. The van der Waals surface area contributed by atoms with Crippen LogP contribution in [-0.2, 0) is 0 Å². The smallest absolute Gasteiger partial charge is 0.122 e. The van der Waals surface area contributed by atoms with E-state index < -0.39 is 11.2 Å². The molecule has 0 aromatic heterocycles. The van der Waals surface area contributed by atoms with E-state index in [1.165, 1.54) is 6.42 Å². The molecule has 2 unspecified atom stereocenters.